The summed E-state index contributed by atoms with van der Waals surface area (Å²) in [6.45, 7) is 1.36. The molecule has 0 radical (unpaired) electrons. The van der Waals surface area contributed by atoms with Crippen molar-refractivity contribution in [2.45, 2.75) is 30.5 Å². The van der Waals surface area contributed by atoms with E-state index in [0.717, 1.165) is 6.26 Å². The quantitative estimate of drug-likeness (QED) is 0.942. The highest BCUT2D eigenvalue weighted by Gasteiger charge is 2.32. The molecule has 0 fully saturated rings. The van der Waals surface area contributed by atoms with Gasteiger partial charge in [0.15, 0.2) is 9.84 Å². The zero-order chi connectivity index (χ0) is 16.0. The lowest BCUT2D eigenvalue weighted by atomic mass is 10.2. The SMILES string of the molecule is CC(CC(F)(F)F)n1c(N)nc2c(S(C)(=O)=O)cccc21. The van der Waals surface area contributed by atoms with Gasteiger partial charge in [0.2, 0.25) is 5.95 Å². The Morgan fingerprint density at radius 3 is 2.52 bits per heavy atom. The normalized spacial score (nSPS) is 14.5. The predicted molar refractivity (Wildman–Crippen MR) is 72.6 cm³/mol. The molecule has 1 heterocycles. The Bertz CT molecular complexity index is 781. The Hall–Kier alpha value is -1.77. The first kappa shape index (κ1) is 15.6. The van der Waals surface area contributed by atoms with Gasteiger partial charge < -0.3 is 10.3 Å². The highest BCUT2D eigenvalue weighted by molar-refractivity contribution is 7.91. The molecule has 5 nitrogen and oxygen atoms in total. The van der Waals surface area contributed by atoms with Gasteiger partial charge in [-0.15, -0.1) is 0 Å². The number of hydrogen-bond donors (Lipinski definition) is 1. The molecule has 2 N–H and O–H groups in total. The number of benzene rings is 1. The molecular weight excluding hydrogens is 307 g/mol. The average molecular weight is 321 g/mol. The molecule has 0 amide bonds. The van der Waals surface area contributed by atoms with Crippen LogP contribution >= 0.6 is 0 Å². The minimum atomic E-state index is -4.35. The van der Waals surface area contributed by atoms with Crippen LogP contribution in [0.15, 0.2) is 23.1 Å². The molecule has 0 aliphatic carbocycles. The minimum Gasteiger partial charge on any atom is -0.369 e. The van der Waals surface area contributed by atoms with Gasteiger partial charge in [0.25, 0.3) is 0 Å². The fourth-order valence-electron chi connectivity index (χ4n) is 2.30. The number of para-hydroxylation sites is 1. The van der Waals surface area contributed by atoms with Gasteiger partial charge in [-0.05, 0) is 19.1 Å². The van der Waals surface area contributed by atoms with Crippen LogP contribution in [0, 0.1) is 0 Å². The van der Waals surface area contributed by atoms with E-state index >= 15 is 0 Å². The number of aromatic nitrogens is 2. The van der Waals surface area contributed by atoms with Crippen LogP contribution in [-0.4, -0.2) is 30.4 Å². The average Bonchev–Trinajstić information content (AvgIpc) is 2.60. The Balaban J connectivity index is 2.65. The number of alkyl halides is 3. The lowest BCUT2D eigenvalue weighted by Crippen LogP contribution is -2.17. The molecule has 1 atom stereocenters. The number of hydrogen-bond acceptors (Lipinski definition) is 4. The van der Waals surface area contributed by atoms with Gasteiger partial charge in [-0.25, -0.2) is 13.4 Å². The molecule has 0 aliphatic heterocycles. The molecule has 0 saturated carbocycles. The summed E-state index contributed by atoms with van der Waals surface area (Å²) in [6, 6.07) is 3.32. The zero-order valence-electron chi connectivity index (χ0n) is 11.3. The van der Waals surface area contributed by atoms with Crippen molar-refractivity contribution in [3.63, 3.8) is 0 Å². The molecule has 9 heteroatoms. The Kier molecular flexibility index (Phi) is 3.64. The molecule has 1 aromatic carbocycles. The zero-order valence-corrected chi connectivity index (χ0v) is 12.2. The third-order valence-electron chi connectivity index (χ3n) is 3.08. The lowest BCUT2D eigenvalue weighted by molar-refractivity contribution is -0.141. The molecular formula is C12H14F3N3O2S. The van der Waals surface area contributed by atoms with E-state index in [9.17, 15) is 21.6 Å². The minimum absolute atomic E-state index is 0.0512. The molecule has 2 rings (SSSR count). The second kappa shape index (κ2) is 4.90. The number of anilines is 1. The number of rotatable bonds is 3. The number of nitrogens with two attached hydrogens (primary N) is 1. The molecule has 0 saturated heterocycles. The molecule has 0 spiro atoms. The van der Waals surface area contributed by atoms with Gasteiger partial charge in [0, 0.05) is 12.3 Å². The predicted octanol–water partition coefficient (Wildman–Crippen LogP) is 2.54. The van der Waals surface area contributed by atoms with Crippen molar-refractivity contribution in [1.29, 1.82) is 0 Å². The van der Waals surface area contributed by atoms with E-state index in [0.29, 0.717) is 0 Å². The van der Waals surface area contributed by atoms with E-state index in [1.165, 1.54) is 29.7 Å². The van der Waals surface area contributed by atoms with Crippen molar-refractivity contribution in [3.05, 3.63) is 18.2 Å². The van der Waals surface area contributed by atoms with Crippen molar-refractivity contribution in [2.24, 2.45) is 0 Å². The highest BCUT2D eigenvalue weighted by Crippen LogP contribution is 2.33. The van der Waals surface area contributed by atoms with Crippen LogP contribution in [0.25, 0.3) is 11.0 Å². The van der Waals surface area contributed by atoms with Gasteiger partial charge in [0.05, 0.1) is 16.8 Å². The van der Waals surface area contributed by atoms with E-state index in [-0.39, 0.29) is 21.9 Å². The summed E-state index contributed by atoms with van der Waals surface area (Å²) in [7, 11) is -3.55. The van der Waals surface area contributed by atoms with Crippen LogP contribution in [0.1, 0.15) is 19.4 Å². The van der Waals surface area contributed by atoms with Crippen molar-refractivity contribution in [2.75, 3.05) is 12.0 Å². The first-order valence-electron chi connectivity index (χ1n) is 6.04. The van der Waals surface area contributed by atoms with Crippen LogP contribution in [-0.2, 0) is 9.84 Å². The maximum atomic E-state index is 12.5. The van der Waals surface area contributed by atoms with Crippen molar-refractivity contribution in [1.82, 2.24) is 9.55 Å². The van der Waals surface area contributed by atoms with E-state index < -0.39 is 28.5 Å². The molecule has 1 unspecified atom stereocenters. The maximum Gasteiger partial charge on any atom is 0.391 e. The summed E-state index contributed by atoms with van der Waals surface area (Å²) in [5, 5.41) is 0. The topological polar surface area (TPSA) is 78.0 Å². The fourth-order valence-corrected chi connectivity index (χ4v) is 3.13. The van der Waals surface area contributed by atoms with Crippen LogP contribution in [0.3, 0.4) is 0 Å². The van der Waals surface area contributed by atoms with Gasteiger partial charge in [0.1, 0.15) is 5.52 Å². The van der Waals surface area contributed by atoms with Gasteiger partial charge in [-0.2, -0.15) is 13.2 Å². The van der Waals surface area contributed by atoms with Gasteiger partial charge in [-0.1, -0.05) is 6.07 Å². The first-order valence-corrected chi connectivity index (χ1v) is 7.93. The maximum absolute atomic E-state index is 12.5. The van der Waals surface area contributed by atoms with Crippen molar-refractivity contribution < 1.29 is 21.6 Å². The number of imidazole rings is 1. The summed E-state index contributed by atoms with van der Waals surface area (Å²) in [5.74, 6) is -0.141. The molecule has 1 aromatic heterocycles. The Morgan fingerprint density at radius 2 is 2.00 bits per heavy atom. The van der Waals surface area contributed by atoms with E-state index in [1.54, 1.807) is 0 Å². The van der Waals surface area contributed by atoms with Crippen LogP contribution in [0.4, 0.5) is 19.1 Å². The van der Waals surface area contributed by atoms with Crippen LogP contribution < -0.4 is 5.73 Å². The molecule has 0 aliphatic rings. The number of halogens is 3. The van der Waals surface area contributed by atoms with Gasteiger partial charge >= 0.3 is 6.18 Å². The Morgan fingerprint density at radius 1 is 1.38 bits per heavy atom. The van der Waals surface area contributed by atoms with Crippen LogP contribution in [0.5, 0.6) is 0 Å². The molecule has 116 valence electrons. The summed E-state index contributed by atoms with van der Waals surface area (Å²) in [6.07, 6.45) is -4.42. The largest absolute Gasteiger partial charge is 0.391 e. The monoisotopic (exact) mass is 321 g/mol. The number of nitrogens with zero attached hydrogens (tertiary/aromatic N) is 2. The smallest absolute Gasteiger partial charge is 0.369 e. The number of sulfone groups is 1. The van der Waals surface area contributed by atoms with E-state index in [2.05, 4.69) is 4.98 Å². The summed E-state index contributed by atoms with van der Waals surface area (Å²) in [5.41, 5.74) is 6.03. The summed E-state index contributed by atoms with van der Waals surface area (Å²) < 4.78 is 62.2. The third-order valence-corrected chi connectivity index (χ3v) is 4.21. The van der Waals surface area contributed by atoms with Gasteiger partial charge in [-0.3, -0.25) is 0 Å². The molecule has 21 heavy (non-hydrogen) atoms. The standard InChI is InChI=1S/C12H14F3N3O2S/c1-7(6-12(13,14)15)18-8-4-3-5-9(21(2,19)20)10(8)17-11(18)16/h3-5,7H,6H2,1-2H3,(H2,16,17). The molecule has 0 bridgehead atoms. The van der Waals surface area contributed by atoms with E-state index in [4.69, 9.17) is 5.73 Å². The summed E-state index contributed by atoms with van der Waals surface area (Å²) in [4.78, 5) is 3.87. The molecule has 2 aromatic rings. The first-order chi connectivity index (χ1) is 9.50. The lowest BCUT2D eigenvalue weighted by Gasteiger charge is -2.17. The third kappa shape index (κ3) is 3.12. The van der Waals surface area contributed by atoms with E-state index in [1.807, 2.05) is 0 Å². The van der Waals surface area contributed by atoms with Crippen LogP contribution in [0.2, 0.25) is 0 Å². The second-order valence-corrected chi connectivity index (χ2v) is 6.89. The second-order valence-electron chi connectivity index (χ2n) is 4.90. The fraction of sp³-hybridized carbons (Fsp3) is 0.417. The van der Waals surface area contributed by atoms with Crippen molar-refractivity contribution in [3.8, 4) is 0 Å². The number of fused-ring (bicyclic) bond motifs is 1. The number of nitrogen functional groups attached to an aromatic ring is 1. The van der Waals surface area contributed by atoms with Crippen molar-refractivity contribution >= 4 is 26.8 Å². The highest BCUT2D eigenvalue weighted by atomic mass is 32.2. The summed E-state index contributed by atoms with van der Waals surface area (Å²) >= 11 is 0. The Labute approximate surface area is 119 Å².